The lowest BCUT2D eigenvalue weighted by Gasteiger charge is -2.33. The molecule has 1 heterocycles. The Balaban J connectivity index is 1.81. The number of likely N-dealkylation sites (N-methyl/N-ethyl adjacent to an activating group) is 1. The number of carbonyl (C=O) groups is 1. The van der Waals surface area contributed by atoms with Gasteiger partial charge < -0.3 is 4.90 Å². The number of likely N-dealkylation sites (tertiary alicyclic amines) is 1. The van der Waals surface area contributed by atoms with Crippen LogP contribution in [0.4, 0.5) is 4.39 Å². The minimum atomic E-state index is -0.100. The SMILES string of the molecule is CCN(CC)C(=O)CN1CCC[C@@H](CCc2ccccc2F)C1. The van der Waals surface area contributed by atoms with Gasteiger partial charge >= 0.3 is 0 Å². The Morgan fingerprint density at radius 3 is 2.74 bits per heavy atom. The third-order valence-electron chi connectivity index (χ3n) is 4.86. The highest BCUT2D eigenvalue weighted by Gasteiger charge is 2.23. The van der Waals surface area contributed by atoms with Crippen molar-refractivity contribution in [3.05, 3.63) is 35.6 Å². The smallest absolute Gasteiger partial charge is 0.236 e. The number of amides is 1. The maximum Gasteiger partial charge on any atom is 0.236 e. The van der Waals surface area contributed by atoms with E-state index in [1.165, 1.54) is 12.5 Å². The lowest BCUT2D eigenvalue weighted by Crippen LogP contribution is -2.44. The molecule has 0 bridgehead atoms. The van der Waals surface area contributed by atoms with Gasteiger partial charge in [-0.25, -0.2) is 4.39 Å². The first kappa shape index (κ1) is 17.9. The van der Waals surface area contributed by atoms with Crippen molar-refractivity contribution >= 4 is 5.91 Å². The van der Waals surface area contributed by atoms with E-state index in [2.05, 4.69) is 4.90 Å². The van der Waals surface area contributed by atoms with E-state index in [0.717, 1.165) is 51.0 Å². The van der Waals surface area contributed by atoms with Gasteiger partial charge in [0, 0.05) is 19.6 Å². The number of carbonyl (C=O) groups excluding carboxylic acids is 1. The molecule has 0 aliphatic carbocycles. The van der Waals surface area contributed by atoms with Crippen molar-refractivity contribution < 1.29 is 9.18 Å². The second kappa shape index (κ2) is 9.02. The van der Waals surface area contributed by atoms with E-state index in [-0.39, 0.29) is 11.7 Å². The second-order valence-corrected chi connectivity index (χ2v) is 6.44. The molecule has 0 spiro atoms. The van der Waals surface area contributed by atoms with Gasteiger partial charge in [0.1, 0.15) is 5.82 Å². The molecule has 4 heteroatoms. The molecule has 0 saturated carbocycles. The maximum absolute atomic E-state index is 13.7. The summed E-state index contributed by atoms with van der Waals surface area (Å²) in [5, 5.41) is 0. The second-order valence-electron chi connectivity index (χ2n) is 6.44. The number of rotatable bonds is 7. The molecule has 1 fully saturated rings. The molecule has 1 amide bonds. The molecule has 128 valence electrons. The van der Waals surface area contributed by atoms with Crippen LogP contribution < -0.4 is 0 Å². The molecular formula is C19H29FN2O. The van der Waals surface area contributed by atoms with Gasteiger partial charge in [0.2, 0.25) is 5.91 Å². The molecule has 2 rings (SSSR count). The predicted octanol–water partition coefficient (Wildman–Crippen LogP) is 3.34. The Hall–Kier alpha value is -1.42. The molecule has 1 aromatic carbocycles. The quantitative estimate of drug-likeness (QED) is 0.769. The van der Waals surface area contributed by atoms with Crippen molar-refractivity contribution in [2.24, 2.45) is 5.92 Å². The number of piperidine rings is 1. The Bertz CT molecular complexity index is 502. The number of nitrogens with zero attached hydrogens (tertiary/aromatic N) is 2. The highest BCUT2D eigenvalue weighted by Crippen LogP contribution is 2.22. The van der Waals surface area contributed by atoms with Crippen molar-refractivity contribution in [2.45, 2.75) is 39.5 Å². The number of benzene rings is 1. The summed E-state index contributed by atoms with van der Waals surface area (Å²) in [5.41, 5.74) is 0.809. The Labute approximate surface area is 139 Å². The van der Waals surface area contributed by atoms with Crippen LogP contribution in [0.25, 0.3) is 0 Å². The number of hydrogen-bond acceptors (Lipinski definition) is 2. The summed E-state index contributed by atoms with van der Waals surface area (Å²) in [6.07, 6.45) is 4.10. The zero-order valence-corrected chi connectivity index (χ0v) is 14.4. The molecule has 1 aliphatic rings. The molecule has 0 N–H and O–H groups in total. The van der Waals surface area contributed by atoms with Gasteiger partial charge in [0.15, 0.2) is 0 Å². The Kier molecular flexibility index (Phi) is 7.03. The minimum Gasteiger partial charge on any atom is -0.342 e. The van der Waals surface area contributed by atoms with E-state index in [0.29, 0.717) is 12.5 Å². The molecule has 0 radical (unpaired) electrons. The lowest BCUT2D eigenvalue weighted by molar-refractivity contribution is -0.132. The summed E-state index contributed by atoms with van der Waals surface area (Å²) < 4.78 is 13.7. The van der Waals surface area contributed by atoms with Crippen LogP contribution in [0, 0.1) is 11.7 Å². The molecule has 0 aromatic heterocycles. The minimum absolute atomic E-state index is 0.100. The Morgan fingerprint density at radius 1 is 1.30 bits per heavy atom. The normalized spacial score (nSPS) is 18.8. The van der Waals surface area contributed by atoms with Crippen molar-refractivity contribution in [3.63, 3.8) is 0 Å². The molecule has 1 saturated heterocycles. The molecule has 23 heavy (non-hydrogen) atoms. The van der Waals surface area contributed by atoms with Crippen molar-refractivity contribution in [1.29, 1.82) is 0 Å². The van der Waals surface area contributed by atoms with E-state index in [4.69, 9.17) is 0 Å². The third kappa shape index (κ3) is 5.31. The number of aryl methyl sites for hydroxylation is 1. The standard InChI is InChI=1S/C19H29FN2O/c1-3-22(4-2)19(23)15-21-13-7-8-16(14-21)11-12-17-9-5-6-10-18(17)20/h5-6,9-10,16H,3-4,7-8,11-15H2,1-2H3/t16-/m0/s1. The molecule has 0 unspecified atom stereocenters. The van der Waals surface area contributed by atoms with Gasteiger partial charge in [-0.05, 0) is 63.6 Å². The average molecular weight is 320 g/mol. The Morgan fingerprint density at radius 2 is 2.04 bits per heavy atom. The van der Waals surface area contributed by atoms with Crippen LogP contribution in [0.5, 0.6) is 0 Å². The summed E-state index contributed by atoms with van der Waals surface area (Å²) >= 11 is 0. The zero-order chi connectivity index (χ0) is 16.7. The summed E-state index contributed by atoms with van der Waals surface area (Å²) in [6.45, 7) is 8.09. The molecular weight excluding hydrogens is 291 g/mol. The fourth-order valence-electron chi connectivity index (χ4n) is 3.46. The maximum atomic E-state index is 13.7. The summed E-state index contributed by atoms with van der Waals surface area (Å²) in [5.74, 6) is 0.689. The van der Waals surface area contributed by atoms with Crippen LogP contribution in [0.3, 0.4) is 0 Å². The fraction of sp³-hybridized carbons (Fsp3) is 0.632. The number of halogens is 1. The average Bonchev–Trinajstić information content (AvgIpc) is 2.55. The fourth-order valence-corrected chi connectivity index (χ4v) is 3.46. The highest BCUT2D eigenvalue weighted by atomic mass is 19.1. The van der Waals surface area contributed by atoms with Crippen LogP contribution in [0.1, 0.15) is 38.7 Å². The predicted molar refractivity (Wildman–Crippen MR) is 91.8 cm³/mol. The van der Waals surface area contributed by atoms with Gasteiger partial charge in [-0.2, -0.15) is 0 Å². The van der Waals surface area contributed by atoms with Gasteiger partial charge in [0.25, 0.3) is 0 Å². The molecule has 1 aromatic rings. The van der Waals surface area contributed by atoms with E-state index in [1.54, 1.807) is 6.07 Å². The summed E-state index contributed by atoms with van der Waals surface area (Å²) in [7, 11) is 0. The van der Waals surface area contributed by atoms with Crippen molar-refractivity contribution in [2.75, 3.05) is 32.7 Å². The molecule has 1 atom stereocenters. The van der Waals surface area contributed by atoms with Crippen LogP contribution in [0.15, 0.2) is 24.3 Å². The number of hydrogen-bond donors (Lipinski definition) is 0. The first-order valence-corrected chi connectivity index (χ1v) is 8.87. The van der Waals surface area contributed by atoms with Gasteiger partial charge in [-0.1, -0.05) is 18.2 Å². The van der Waals surface area contributed by atoms with Crippen LogP contribution in [0.2, 0.25) is 0 Å². The van der Waals surface area contributed by atoms with E-state index >= 15 is 0 Å². The summed E-state index contributed by atoms with van der Waals surface area (Å²) in [6, 6.07) is 7.04. The van der Waals surface area contributed by atoms with E-state index in [1.807, 2.05) is 30.9 Å². The van der Waals surface area contributed by atoms with Crippen LogP contribution in [-0.4, -0.2) is 48.4 Å². The first-order chi connectivity index (χ1) is 11.1. The largest absolute Gasteiger partial charge is 0.342 e. The highest BCUT2D eigenvalue weighted by molar-refractivity contribution is 5.78. The van der Waals surface area contributed by atoms with Gasteiger partial charge in [-0.15, -0.1) is 0 Å². The lowest BCUT2D eigenvalue weighted by atomic mass is 9.91. The van der Waals surface area contributed by atoms with Gasteiger partial charge in [-0.3, -0.25) is 9.69 Å². The monoisotopic (exact) mass is 320 g/mol. The van der Waals surface area contributed by atoms with Crippen LogP contribution in [-0.2, 0) is 11.2 Å². The van der Waals surface area contributed by atoms with Gasteiger partial charge in [0.05, 0.1) is 6.54 Å². The molecule has 3 nitrogen and oxygen atoms in total. The summed E-state index contributed by atoms with van der Waals surface area (Å²) in [4.78, 5) is 16.4. The molecule has 1 aliphatic heterocycles. The van der Waals surface area contributed by atoms with Crippen LogP contribution >= 0.6 is 0 Å². The van der Waals surface area contributed by atoms with Crippen molar-refractivity contribution in [3.8, 4) is 0 Å². The topological polar surface area (TPSA) is 23.6 Å². The zero-order valence-electron chi connectivity index (χ0n) is 14.4. The van der Waals surface area contributed by atoms with E-state index < -0.39 is 0 Å². The first-order valence-electron chi connectivity index (χ1n) is 8.87. The van der Waals surface area contributed by atoms with Crippen molar-refractivity contribution in [1.82, 2.24) is 9.80 Å². The van der Waals surface area contributed by atoms with E-state index in [9.17, 15) is 9.18 Å². The third-order valence-corrected chi connectivity index (χ3v) is 4.86.